The Bertz CT molecular complexity index is 893. The van der Waals surface area contributed by atoms with Crippen molar-refractivity contribution in [3.8, 4) is 0 Å². The van der Waals surface area contributed by atoms with Crippen LogP contribution >= 0.6 is 0 Å². The molecule has 0 heterocycles. The fraction of sp³-hybridized carbons (Fsp3) is 0.926. The molecule has 0 saturated heterocycles. The lowest BCUT2D eigenvalue weighted by atomic mass is 10.0. The number of amides is 1. The zero-order valence-corrected chi connectivity index (χ0v) is 40.5. The van der Waals surface area contributed by atoms with Crippen LogP contribution in [0, 0.1) is 0 Å². The van der Waals surface area contributed by atoms with Gasteiger partial charge in [0, 0.05) is 12.8 Å². The third kappa shape index (κ3) is 46.1. The zero-order valence-electron chi connectivity index (χ0n) is 40.5. The first-order valence-corrected chi connectivity index (χ1v) is 26.9. The lowest BCUT2D eigenvalue weighted by molar-refractivity contribution is -0.143. The first kappa shape index (κ1) is 58.6. The maximum absolute atomic E-state index is 12.4. The predicted octanol–water partition coefficient (Wildman–Crippen LogP) is 16.1. The highest BCUT2D eigenvalue weighted by Crippen LogP contribution is 2.17. The van der Waals surface area contributed by atoms with Crippen molar-refractivity contribution < 1.29 is 24.5 Å². The van der Waals surface area contributed by atoms with Gasteiger partial charge in [0.15, 0.2) is 0 Å². The van der Waals surface area contributed by atoms with Gasteiger partial charge in [-0.05, 0) is 51.4 Å². The number of carbonyl (C=O) groups excluding carboxylic acids is 2. The highest BCUT2D eigenvalue weighted by atomic mass is 16.5. The molecule has 0 aliphatic rings. The normalized spacial score (nSPS) is 12.7. The van der Waals surface area contributed by atoms with Gasteiger partial charge in [-0.2, -0.15) is 0 Å². The van der Waals surface area contributed by atoms with Crippen LogP contribution in [0.5, 0.6) is 0 Å². The van der Waals surface area contributed by atoms with Crippen LogP contribution in [0.3, 0.4) is 0 Å². The molecule has 0 aliphatic heterocycles. The number of ether oxygens (including phenoxy) is 1. The van der Waals surface area contributed by atoms with Crippen LogP contribution in [0.15, 0.2) is 12.2 Å². The van der Waals surface area contributed by atoms with Crippen LogP contribution in [0.4, 0.5) is 0 Å². The first-order chi connectivity index (χ1) is 29.5. The summed E-state index contributed by atoms with van der Waals surface area (Å²) in [5.41, 5.74) is 0. The Morgan fingerprint density at radius 1 is 0.450 bits per heavy atom. The number of nitrogens with one attached hydrogen (secondary N) is 1. The molecule has 1 amide bonds. The molecule has 0 bridgehead atoms. The SMILES string of the molecule is CCCCCCC/C=C\CCCCCCCC(=O)OCCCCCCCCCCCCCCCCCCC(=O)NC(CO)C(O)CCCCCCCCCCCCCCC. The van der Waals surface area contributed by atoms with Gasteiger partial charge in [-0.25, -0.2) is 0 Å². The predicted molar refractivity (Wildman–Crippen MR) is 260 cm³/mol. The number of esters is 1. The number of carbonyl (C=O) groups is 2. The van der Waals surface area contributed by atoms with E-state index < -0.39 is 12.1 Å². The third-order valence-electron chi connectivity index (χ3n) is 12.6. The van der Waals surface area contributed by atoms with Crippen molar-refractivity contribution in [3.05, 3.63) is 12.2 Å². The van der Waals surface area contributed by atoms with Crippen LogP contribution in [0.1, 0.15) is 296 Å². The van der Waals surface area contributed by atoms with Crippen molar-refractivity contribution in [1.29, 1.82) is 0 Å². The average Bonchev–Trinajstić information content (AvgIpc) is 3.25. The summed E-state index contributed by atoms with van der Waals surface area (Å²) in [7, 11) is 0. The Balaban J connectivity index is 3.42. The third-order valence-corrected chi connectivity index (χ3v) is 12.6. The average molecular weight is 848 g/mol. The number of hydrogen-bond donors (Lipinski definition) is 3. The Morgan fingerprint density at radius 3 is 1.18 bits per heavy atom. The standard InChI is InChI=1S/C54H105NO5/c1-3-5-7-9-11-13-15-17-24-28-32-36-40-44-48-54(59)60-49-45-41-37-33-29-25-21-19-18-20-23-27-31-35-39-43-47-53(58)55-51(50-56)52(57)46-42-38-34-30-26-22-16-14-12-10-8-6-4-2/h15,17,51-52,56-57H,3-14,16,18-50H2,1-2H3,(H,55,58)/b17-15-. The van der Waals surface area contributed by atoms with Crippen molar-refractivity contribution in [2.75, 3.05) is 13.2 Å². The van der Waals surface area contributed by atoms with E-state index in [-0.39, 0.29) is 18.5 Å². The van der Waals surface area contributed by atoms with Gasteiger partial charge >= 0.3 is 5.97 Å². The molecule has 0 aliphatic carbocycles. The van der Waals surface area contributed by atoms with Crippen LogP contribution in [-0.2, 0) is 14.3 Å². The van der Waals surface area contributed by atoms with E-state index in [0.29, 0.717) is 25.9 Å². The molecule has 0 fully saturated rings. The van der Waals surface area contributed by atoms with E-state index in [1.54, 1.807) is 0 Å². The quantitative estimate of drug-likeness (QED) is 0.0322. The number of hydrogen-bond acceptors (Lipinski definition) is 5. The fourth-order valence-electron chi connectivity index (χ4n) is 8.40. The highest BCUT2D eigenvalue weighted by Gasteiger charge is 2.20. The Hall–Kier alpha value is -1.40. The summed E-state index contributed by atoms with van der Waals surface area (Å²) in [5.74, 6) is -0.0464. The van der Waals surface area contributed by atoms with Crippen LogP contribution in [-0.4, -0.2) is 47.4 Å². The zero-order chi connectivity index (χ0) is 43.7. The first-order valence-electron chi connectivity index (χ1n) is 26.9. The van der Waals surface area contributed by atoms with Crippen LogP contribution < -0.4 is 5.32 Å². The molecule has 60 heavy (non-hydrogen) atoms. The molecule has 2 unspecified atom stereocenters. The topological polar surface area (TPSA) is 95.9 Å². The summed E-state index contributed by atoms with van der Waals surface area (Å²) in [6.07, 6.45) is 57.5. The minimum Gasteiger partial charge on any atom is -0.466 e. The second kappa shape index (κ2) is 50.2. The summed E-state index contributed by atoms with van der Waals surface area (Å²) < 4.78 is 5.46. The Labute approximate surface area is 374 Å². The van der Waals surface area contributed by atoms with Gasteiger partial charge < -0.3 is 20.3 Å². The minimum atomic E-state index is -0.667. The van der Waals surface area contributed by atoms with E-state index >= 15 is 0 Å². The van der Waals surface area contributed by atoms with Crippen molar-refractivity contribution in [2.24, 2.45) is 0 Å². The second-order valence-corrected chi connectivity index (χ2v) is 18.6. The van der Waals surface area contributed by atoms with Crippen molar-refractivity contribution in [2.45, 2.75) is 309 Å². The number of unbranched alkanes of at least 4 members (excludes halogenated alkanes) is 37. The molecule has 3 N–H and O–H groups in total. The van der Waals surface area contributed by atoms with E-state index in [2.05, 4.69) is 31.3 Å². The molecule has 0 saturated carbocycles. The van der Waals surface area contributed by atoms with Crippen LogP contribution in [0.25, 0.3) is 0 Å². The lowest BCUT2D eigenvalue weighted by Gasteiger charge is -2.22. The molecule has 2 atom stereocenters. The summed E-state index contributed by atoms with van der Waals surface area (Å²) in [6, 6.07) is -0.545. The molecule has 0 radical (unpaired) electrons. The molecule has 0 rings (SSSR count). The number of aliphatic hydroxyl groups is 2. The summed E-state index contributed by atoms with van der Waals surface area (Å²) >= 11 is 0. The summed E-state index contributed by atoms with van der Waals surface area (Å²) in [4.78, 5) is 24.5. The maximum atomic E-state index is 12.4. The van der Waals surface area contributed by atoms with Gasteiger partial charge in [-0.1, -0.05) is 244 Å². The van der Waals surface area contributed by atoms with E-state index in [9.17, 15) is 19.8 Å². The number of aliphatic hydroxyl groups excluding tert-OH is 2. The molecule has 6 nitrogen and oxygen atoms in total. The molecule has 6 heteroatoms. The lowest BCUT2D eigenvalue weighted by Crippen LogP contribution is -2.45. The fourth-order valence-corrected chi connectivity index (χ4v) is 8.40. The number of rotatable bonds is 50. The van der Waals surface area contributed by atoms with Gasteiger partial charge in [0.05, 0.1) is 25.4 Å². The Kier molecular flexibility index (Phi) is 49.1. The summed E-state index contributed by atoms with van der Waals surface area (Å²) in [5, 5.41) is 23.2. The van der Waals surface area contributed by atoms with Gasteiger partial charge in [0.2, 0.25) is 5.91 Å². The molecule has 0 aromatic carbocycles. The van der Waals surface area contributed by atoms with E-state index in [4.69, 9.17) is 4.74 Å². The smallest absolute Gasteiger partial charge is 0.305 e. The van der Waals surface area contributed by atoms with E-state index in [0.717, 1.165) is 44.9 Å². The minimum absolute atomic E-state index is 0.00510. The molecular weight excluding hydrogens is 743 g/mol. The monoisotopic (exact) mass is 848 g/mol. The largest absolute Gasteiger partial charge is 0.466 e. The van der Waals surface area contributed by atoms with Gasteiger partial charge in [-0.15, -0.1) is 0 Å². The molecule has 0 aromatic heterocycles. The second-order valence-electron chi connectivity index (χ2n) is 18.6. The van der Waals surface area contributed by atoms with E-state index in [1.165, 1.54) is 218 Å². The van der Waals surface area contributed by atoms with Gasteiger partial charge in [0.1, 0.15) is 0 Å². The van der Waals surface area contributed by atoms with Crippen molar-refractivity contribution in [1.82, 2.24) is 5.32 Å². The van der Waals surface area contributed by atoms with Crippen molar-refractivity contribution >= 4 is 11.9 Å². The van der Waals surface area contributed by atoms with Crippen molar-refractivity contribution in [3.63, 3.8) is 0 Å². The van der Waals surface area contributed by atoms with Crippen LogP contribution in [0.2, 0.25) is 0 Å². The van der Waals surface area contributed by atoms with E-state index in [1.807, 2.05) is 0 Å². The summed E-state index contributed by atoms with van der Waals surface area (Å²) in [6.45, 7) is 4.93. The maximum Gasteiger partial charge on any atom is 0.305 e. The molecular formula is C54H105NO5. The molecule has 0 spiro atoms. The van der Waals surface area contributed by atoms with Gasteiger partial charge in [-0.3, -0.25) is 9.59 Å². The molecule has 356 valence electrons. The highest BCUT2D eigenvalue weighted by molar-refractivity contribution is 5.76. The molecule has 0 aromatic rings. The Morgan fingerprint density at radius 2 is 0.783 bits per heavy atom. The number of allylic oxidation sites excluding steroid dienone is 2. The van der Waals surface area contributed by atoms with Gasteiger partial charge in [0.25, 0.3) is 0 Å².